The van der Waals surface area contributed by atoms with Gasteiger partial charge in [-0.15, -0.1) is 0 Å². The van der Waals surface area contributed by atoms with Gasteiger partial charge in [-0.3, -0.25) is 4.90 Å². The molecule has 1 aliphatic heterocycles. The summed E-state index contributed by atoms with van der Waals surface area (Å²) in [6.45, 7) is 0.926. The highest BCUT2D eigenvalue weighted by atomic mass is 16.3. The number of likely N-dealkylation sites (tertiary alicyclic amines) is 1. The first kappa shape index (κ1) is 18.8. The molecule has 0 unspecified atom stereocenters. The fraction of sp³-hybridized carbons (Fsp3) is 1.00. The Hall–Kier alpha value is -0.240. The second kappa shape index (κ2) is 10.5. The lowest BCUT2D eigenvalue weighted by molar-refractivity contribution is -0.0304. The van der Waals surface area contributed by atoms with E-state index in [0.717, 1.165) is 44.9 Å². The molecule has 1 fully saturated rings. The van der Waals surface area contributed by atoms with Gasteiger partial charge in [0, 0.05) is 13.2 Å². The van der Waals surface area contributed by atoms with E-state index in [1.165, 1.54) is 0 Å². The summed E-state index contributed by atoms with van der Waals surface area (Å²) in [5.41, 5.74) is 0. The van der Waals surface area contributed by atoms with E-state index in [2.05, 4.69) is 0 Å². The van der Waals surface area contributed by atoms with Crippen LogP contribution in [-0.2, 0) is 0 Å². The van der Waals surface area contributed by atoms with Crippen LogP contribution in [0.3, 0.4) is 0 Å². The van der Waals surface area contributed by atoms with Crippen LogP contribution in [0.1, 0.15) is 44.9 Å². The first-order chi connectivity index (χ1) is 10.1. The van der Waals surface area contributed by atoms with Gasteiger partial charge in [0.2, 0.25) is 0 Å². The Morgan fingerprint density at radius 2 is 1.48 bits per heavy atom. The molecule has 0 aliphatic carbocycles. The zero-order valence-corrected chi connectivity index (χ0v) is 12.8. The summed E-state index contributed by atoms with van der Waals surface area (Å²) in [6.07, 6.45) is 4.56. The molecule has 1 aliphatic rings. The Labute approximate surface area is 127 Å². The van der Waals surface area contributed by atoms with Gasteiger partial charge in [0.15, 0.2) is 0 Å². The van der Waals surface area contributed by atoms with Gasteiger partial charge in [-0.25, -0.2) is 0 Å². The summed E-state index contributed by atoms with van der Waals surface area (Å²) in [5.74, 6) is 0. The summed E-state index contributed by atoms with van der Waals surface area (Å²) >= 11 is 0. The molecule has 1 heterocycles. The largest absolute Gasteiger partial charge is 0.396 e. The summed E-state index contributed by atoms with van der Waals surface area (Å²) in [5, 5.41) is 47.0. The van der Waals surface area contributed by atoms with E-state index >= 15 is 0 Å². The van der Waals surface area contributed by atoms with Gasteiger partial charge in [0.25, 0.3) is 0 Å². The van der Waals surface area contributed by atoms with Gasteiger partial charge in [-0.2, -0.15) is 0 Å². The molecule has 1 rings (SSSR count). The van der Waals surface area contributed by atoms with Crippen molar-refractivity contribution in [1.29, 1.82) is 0 Å². The normalized spacial score (nSPS) is 28.1. The zero-order chi connectivity index (χ0) is 15.7. The second-order valence-corrected chi connectivity index (χ2v) is 5.99. The van der Waals surface area contributed by atoms with Gasteiger partial charge < -0.3 is 25.5 Å². The quantitative estimate of drug-likeness (QED) is 0.329. The van der Waals surface area contributed by atoms with Crippen LogP contribution in [0.4, 0.5) is 0 Å². The highest BCUT2D eigenvalue weighted by molar-refractivity contribution is 4.96. The number of β-amino-alcohol motifs (C(OH)–C–C–N with tert-alkyl or cyclic N) is 1. The third-order valence-electron chi connectivity index (χ3n) is 4.27. The first-order valence-electron chi connectivity index (χ1n) is 8.11. The molecule has 0 spiro atoms. The lowest BCUT2D eigenvalue weighted by Crippen LogP contribution is -2.47. The molecule has 0 radical (unpaired) electrons. The molecule has 0 bridgehead atoms. The number of rotatable bonds is 11. The average molecular weight is 305 g/mol. The Morgan fingerprint density at radius 3 is 2.05 bits per heavy atom. The molecule has 126 valence electrons. The van der Waals surface area contributed by atoms with Crippen molar-refractivity contribution in [3.05, 3.63) is 0 Å². The first-order valence-corrected chi connectivity index (χ1v) is 8.11. The number of hydrogen-bond donors (Lipinski definition) is 5. The van der Waals surface area contributed by atoms with Gasteiger partial charge in [-0.05, 0) is 19.4 Å². The Kier molecular flexibility index (Phi) is 9.39. The number of nitrogens with zero attached hydrogens (tertiary/aromatic N) is 1. The van der Waals surface area contributed by atoms with E-state index in [-0.39, 0.29) is 6.61 Å². The number of aliphatic hydroxyl groups excluding tert-OH is 5. The van der Waals surface area contributed by atoms with Gasteiger partial charge >= 0.3 is 0 Å². The maximum absolute atomic E-state index is 9.87. The highest BCUT2D eigenvalue weighted by Crippen LogP contribution is 2.22. The molecule has 0 aromatic rings. The van der Waals surface area contributed by atoms with E-state index in [1.54, 1.807) is 0 Å². The van der Waals surface area contributed by atoms with Crippen LogP contribution in [0.15, 0.2) is 0 Å². The molecule has 0 amide bonds. The summed E-state index contributed by atoms with van der Waals surface area (Å²) in [4.78, 5) is 1.88. The van der Waals surface area contributed by atoms with E-state index in [0.29, 0.717) is 13.1 Å². The fourth-order valence-corrected chi connectivity index (χ4v) is 3.04. The SMILES string of the molecule is OCCCCCCCCCN1C[C@@H](O)[C@@H](O)[C@@H]1[C@H](O)CO. The minimum absolute atomic E-state index is 0.272. The van der Waals surface area contributed by atoms with Crippen LogP contribution < -0.4 is 0 Å². The van der Waals surface area contributed by atoms with E-state index in [9.17, 15) is 15.3 Å². The summed E-state index contributed by atoms with van der Waals surface area (Å²) in [7, 11) is 0. The molecule has 0 aromatic carbocycles. The van der Waals surface area contributed by atoms with Gasteiger partial charge in [0.05, 0.1) is 31.0 Å². The molecule has 0 saturated carbocycles. The maximum Gasteiger partial charge on any atom is 0.0992 e. The molecule has 6 nitrogen and oxygen atoms in total. The minimum Gasteiger partial charge on any atom is -0.396 e. The minimum atomic E-state index is -1.02. The van der Waals surface area contributed by atoms with Crippen molar-refractivity contribution in [2.45, 2.75) is 69.3 Å². The van der Waals surface area contributed by atoms with Crippen molar-refractivity contribution in [2.24, 2.45) is 0 Å². The molecule has 1 saturated heterocycles. The molecule has 5 N–H and O–H groups in total. The van der Waals surface area contributed by atoms with E-state index < -0.39 is 31.0 Å². The standard InChI is InChI=1S/C15H31NO5/c17-9-7-5-3-1-2-4-6-8-16-10-12(19)15(21)14(16)13(20)11-18/h12-15,17-21H,1-11H2/t12-,13-,14+,15-/m1/s1. The van der Waals surface area contributed by atoms with E-state index in [1.807, 2.05) is 4.90 Å². The van der Waals surface area contributed by atoms with Crippen LogP contribution in [0.5, 0.6) is 0 Å². The molecular weight excluding hydrogens is 274 g/mol. The predicted octanol–water partition coefficient (Wildman–Crippen LogP) is -0.531. The van der Waals surface area contributed by atoms with Crippen LogP contribution in [-0.4, -0.2) is 81.1 Å². The molecular formula is C15H31NO5. The smallest absolute Gasteiger partial charge is 0.0992 e. The van der Waals surface area contributed by atoms with Crippen LogP contribution >= 0.6 is 0 Å². The fourth-order valence-electron chi connectivity index (χ4n) is 3.04. The highest BCUT2D eigenvalue weighted by Gasteiger charge is 2.43. The lowest BCUT2D eigenvalue weighted by Gasteiger charge is -2.29. The van der Waals surface area contributed by atoms with Crippen molar-refractivity contribution >= 4 is 0 Å². The molecule has 21 heavy (non-hydrogen) atoms. The Morgan fingerprint density at radius 1 is 0.905 bits per heavy atom. The topological polar surface area (TPSA) is 104 Å². The van der Waals surface area contributed by atoms with Crippen molar-refractivity contribution in [2.75, 3.05) is 26.3 Å². The summed E-state index contributed by atoms with van der Waals surface area (Å²) < 4.78 is 0. The maximum atomic E-state index is 9.87. The van der Waals surface area contributed by atoms with Gasteiger partial charge in [0.1, 0.15) is 0 Å². The number of aliphatic hydroxyl groups is 5. The zero-order valence-electron chi connectivity index (χ0n) is 12.8. The third kappa shape index (κ3) is 6.18. The Bertz CT molecular complexity index is 266. The van der Waals surface area contributed by atoms with Crippen LogP contribution in [0.2, 0.25) is 0 Å². The summed E-state index contributed by atoms with van der Waals surface area (Å²) in [6, 6.07) is -0.574. The van der Waals surface area contributed by atoms with Crippen molar-refractivity contribution in [3.63, 3.8) is 0 Å². The second-order valence-electron chi connectivity index (χ2n) is 5.99. The molecule has 0 aromatic heterocycles. The van der Waals surface area contributed by atoms with Crippen molar-refractivity contribution in [3.8, 4) is 0 Å². The number of hydrogen-bond acceptors (Lipinski definition) is 6. The van der Waals surface area contributed by atoms with Crippen LogP contribution in [0.25, 0.3) is 0 Å². The monoisotopic (exact) mass is 305 g/mol. The lowest BCUT2D eigenvalue weighted by atomic mass is 10.0. The van der Waals surface area contributed by atoms with Crippen LogP contribution in [0, 0.1) is 0 Å². The number of unbranched alkanes of at least 4 members (excludes halogenated alkanes) is 6. The average Bonchev–Trinajstić information content (AvgIpc) is 2.76. The van der Waals surface area contributed by atoms with E-state index in [4.69, 9.17) is 10.2 Å². The van der Waals surface area contributed by atoms with Gasteiger partial charge in [-0.1, -0.05) is 32.1 Å². The predicted molar refractivity (Wildman–Crippen MR) is 79.9 cm³/mol. The Balaban J connectivity index is 2.18. The molecule has 4 atom stereocenters. The third-order valence-corrected chi connectivity index (χ3v) is 4.27. The van der Waals surface area contributed by atoms with Crippen molar-refractivity contribution in [1.82, 2.24) is 4.90 Å². The molecule has 6 heteroatoms. The van der Waals surface area contributed by atoms with Crippen molar-refractivity contribution < 1.29 is 25.5 Å².